The number of aryl methyl sites for hydroxylation is 1. The Morgan fingerprint density at radius 1 is 1.03 bits per heavy atom. The number of alkyl halides is 3. The third-order valence-electron chi connectivity index (χ3n) is 3.69. The lowest BCUT2D eigenvalue weighted by atomic mass is 10.1. The molecule has 10 heteroatoms. The summed E-state index contributed by atoms with van der Waals surface area (Å²) in [7, 11) is 1.28. The predicted octanol–water partition coefficient (Wildman–Crippen LogP) is 3.17. The molecular formula is C19H18F4N2O4. The largest absolute Gasteiger partial charge is 0.493 e. The van der Waals surface area contributed by atoms with Gasteiger partial charge in [0, 0.05) is 6.42 Å². The number of hydrogen-bond donors (Lipinski definition) is 2. The summed E-state index contributed by atoms with van der Waals surface area (Å²) in [6.07, 6.45) is -4.30. The highest BCUT2D eigenvalue weighted by atomic mass is 19.4. The normalized spacial score (nSPS) is 10.9. The maximum absolute atomic E-state index is 13.5. The molecular weight excluding hydrogens is 396 g/mol. The molecule has 0 radical (unpaired) electrons. The molecule has 2 aromatic carbocycles. The zero-order valence-corrected chi connectivity index (χ0v) is 15.3. The smallest absolute Gasteiger partial charge is 0.422 e. The minimum absolute atomic E-state index is 0.0382. The summed E-state index contributed by atoms with van der Waals surface area (Å²) in [4.78, 5) is 23.7. The topological polar surface area (TPSA) is 76.7 Å². The van der Waals surface area contributed by atoms with Gasteiger partial charge in [0.25, 0.3) is 5.91 Å². The summed E-state index contributed by atoms with van der Waals surface area (Å²) in [6.45, 7) is -1.45. The number of rotatable bonds is 7. The zero-order valence-electron chi connectivity index (χ0n) is 15.3. The molecule has 0 aromatic heterocycles. The van der Waals surface area contributed by atoms with E-state index in [1.807, 2.05) is 0 Å². The molecule has 0 heterocycles. The van der Waals surface area contributed by atoms with Crippen LogP contribution in [0.25, 0.3) is 0 Å². The molecule has 29 heavy (non-hydrogen) atoms. The SMILES string of the molecule is COc1cc(CCC(=O)NNC(=O)c2ccccc2F)ccc1OCC(F)(F)F. The molecule has 0 fully saturated rings. The van der Waals surface area contributed by atoms with Gasteiger partial charge in [0.05, 0.1) is 12.7 Å². The summed E-state index contributed by atoms with van der Waals surface area (Å²) in [6, 6.07) is 9.57. The van der Waals surface area contributed by atoms with Crippen molar-refractivity contribution in [3.05, 3.63) is 59.4 Å². The lowest BCUT2D eigenvalue weighted by molar-refractivity contribution is -0.153. The van der Waals surface area contributed by atoms with Gasteiger partial charge in [0.1, 0.15) is 5.82 Å². The van der Waals surface area contributed by atoms with E-state index in [0.29, 0.717) is 5.56 Å². The number of ether oxygens (including phenoxy) is 2. The minimum Gasteiger partial charge on any atom is -0.493 e. The number of nitrogens with one attached hydrogen (secondary N) is 2. The Kier molecular flexibility index (Phi) is 7.40. The van der Waals surface area contributed by atoms with E-state index in [4.69, 9.17) is 4.74 Å². The van der Waals surface area contributed by atoms with Crippen molar-refractivity contribution in [2.24, 2.45) is 0 Å². The van der Waals surface area contributed by atoms with Crippen molar-refractivity contribution < 1.29 is 36.6 Å². The molecule has 0 atom stereocenters. The first-order valence-electron chi connectivity index (χ1n) is 8.40. The molecule has 0 aliphatic heterocycles. The molecule has 156 valence electrons. The van der Waals surface area contributed by atoms with Gasteiger partial charge in [-0.3, -0.25) is 20.4 Å². The van der Waals surface area contributed by atoms with Crippen molar-refractivity contribution >= 4 is 11.8 Å². The molecule has 0 unspecified atom stereocenters. The fraction of sp³-hybridized carbons (Fsp3) is 0.263. The van der Waals surface area contributed by atoms with Gasteiger partial charge in [0.2, 0.25) is 5.91 Å². The third-order valence-corrected chi connectivity index (χ3v) is 3.69. The van der Waals surface area contributed by atoms with Crippen LogP contribution in [0.4, 0.5) is 17.6 Å². The summed E-state index contributed by atoms with van der Waals surface area (Å²) >= 11 is 0. The second-order valence-electron chi connectivity index (χ2n) is 5.87. The van der Waals surface area contributed by atoms with Gasteiger partial charge in [-0.1, -0.05) is 18.2 Å². The Balaban J connectivity index is 1.86. The number of amides is 2. The van der Waals surface area contributed by atoms with E-state index in [-0.39, 0.29) is 29.9 Å². The van der Waals surface area contributed by atoms with E-state index in [9.17, 15) is 27.2 Å². The van der Waals surface area contributed by atoms with Gasteiger partial charge in [-0.15, -0.1) is 0 Å². The highest BCUT2D eigenvalue weighted by molar-refractivity contribution is 5.95. The highest BCUT2D eigenvalue weighted by Gasteiger charge is 2.29. The second-order valence-corrected chi connectivity index (χ2v) is 5.87. The Hall–Kier alpha value is -3.30. The van der Waals surface area contributed by atoms with Crippen molar-refractivity contribution in [2.45, 2.75) is 19.0 Å². The van der Waals surface area contributed by atoms with E-state index in [0.717, 1.165) is 6.07 Å². The fourth-order valence-corrected chi connectivity index (χ4v) is 2.31. The van der Waals surface area contributed by atoms with Crippen LogP contribution in [0.15, 0.2) is 42.5 Å². The maximum Gasteiger partial charge on any atom is 0.422 e. The molecule has 2 aromatic rings. The van der Waals surface area contributed by atoms with E-state index >= 15 is 0 Å². The first kappa shape index (κ1) is 22.0. The van der Waals surface area contributed by atoms with Crippen LogP contribution in [0.2, 0.25) is 0 Å². The van der Waals surface area contributed by atoms with Crippen molar-refractivity contribution in [3.8, 4) is 11.5 Å². The number of hydrazine groups is 1. The fourth-order valence-electron chi connectivity index (χ4n) is 2.31. The first-order valence-corrected chi connectivity index (χ1v) is 8.40. The van der Waals surface area contributed by atoms with E-state index < -0.39 is 30.4 Å². The van der Waals surface area contributed by atoms with Gasteiger partial charge >= 0.3 is 6.18 Å². The molecule has 2 N–H and O–H groups in total. The van der Waals surface area contributed by atoms with Crippen molar-refractivity contribution in [3.63, 3.8) is 0 Å². The second kappa shape index (κ2) is 9.76. The molecule has 0 bridgehead atoms. The van der Waals surface area contributed by atoms with Gasteiger partial charge in [-0.05, 0) is 36.2 Å². The van der Waals surface area contributed by atoms with E-state index in [1.54, 1.807) is 0 Å². The summed E-state index contributed by atoms with van der Waals surface area (Å²) in [5, 5.41) is 0. The van der Waals surface area contributed by atoms with Crippen LogP contribution >= 0.6 is 0 Å². The van der Waals surface area contributed by atoms with Gasteiger partial charge < -0.3 is 9.47 Å². The van der Waals surface area contributed by atoms with E-state index in [2.05, 4.69) is 15.6 Å². The van der Waals surface area contributed by atoms with Gasteiger partial charge in [0.15, 0.2) is 18.1 Å². The molecule has 2 amide bonds. The van der Waals surface area contributed by atoms with Crippen LogP contribution in [0.5, 0.6) is 11.5 Å². The Bertz CT molecular complexity index is 872. The number of hydrogen-bond acceptors (Lipinski definition) is 4. The molecule has 0 aliphatic carbocycles. The zero-order chi connectivity index (χ0) is 21.4. The quantitative estimate of drug-likeness (QED) is 0.539. The Labute approximate surface area is 163 Å². The minimum atomic E-state index is -4.48. The number of carbonyl (C=O) groups excluding carboxylic acids is 2. The molecule has 0 saturated heterocycles. The van der Waals surface area contributed by atoms with Crippen molar-refractivity contribution in [1.29, 1.82) is 0 Å². The monoisotopic (exact) mass is 414 g/mol. The Morgan fingerprint density at radius 2 is 1.76 bits per heavy atom. The average Bonchev–Trinajstić information content (AvgIpc) is 2.68. The number of halogens is 4. The predicted molar refractivity (Wildman–Crippen MR) is 94.9 cm³/mol. The van der Waals surface area contributed by atoms with Gasteiger partial charge in [-0.25, -0.2) is 4.39 Å². The Morgan fingerprint density at radius 3 is 2.41 bits per heavy atom. The molecule has 0 saturated carbocycles. The average molecular weight is 414 g/mol. The molecule has 0 aliphatic rings. The molecule has 2 rings (SSSR count). The first-order chi connectivity index (χ1) is 13.7. The van der Waals surface area contributed by atoms with Crippen molar-refractivity contribution in [1.82, 2.24) is 10.9 Å². The van der Waals surface area contributed by atoms with Crippen LogP contribution in [0, 0.1) is 5.82 Å². The number of carbonyl (C=O) groups is 2. The number of methoxy groups -OCH3 is 1. The lowest BCUT2D eigenvalue weighted by Crippen LogP contribution is -2.42. The van der Waals surface area contributed by atoms with Crippen LogP contribution in [0.3, 0.4) is 0 Å². The standard InChI is InChI=1S/C19H18F4N2O4/c1-28-16-10-12(6-8-15(16)29-11-19(21,22)23)7-9-17(26)24-25-18(27)13-4-2-3-5-14(13)20/h2-6,8,10H,7,9,11H2,1H3,(H,24,26)(H,25,27). The lowest BCUT2D eigenvalue weighted by Gasteiger charge is -2.13. The highest BCUT2D eigenvalue weighted by Crippen LogP contribution is 2.30. The summed E-state index contributed by atoms with van der Waals surface area (Å²) in [5.41, 5.74) is 4.67. The van der Waals surface area contributed by atoms with Crippen LogP contribution in [-0.2, 0) is 11.2 Å². The van der Waals surface area contributed by atoms with Crippen LogP contribution in [0.1, 0.15) is 22.3 Å². The molecule has 6 nitrogen and oxygen atoms in total. The molecule has 0 spiro atoms. The van der Waals surface area contributed by atoms with Crippen molar-refractivity contribution in [2.75, 3.05) is 13.7 Å². The van der Waals surface area contributed by atoms with Gasteiger partial charge in [-0.2, -0.15) is 13.2 Å². The summed E-state index contributed by atoms with van der Waals surface area (Å²) in [5.74, 6) is -2.04. The number of benzene rings is 2. The van der Waals surface area contributed by atoms with Crippen LogP contribution in [-0.4, -0.2) is 31.7 Å². The van der Waals surface area contributed by atoms with E-state index in [1.165, 1.54) is 43.5 Å². The van der Waals surface area contributed by atoms with Crippen LogP contribution < -0.4 is 20.3 Å². The third kappa shape index (κ3) is 6.98. The summed E-state index contributed by atoms with van der Waals surface area (Å²) < 4.78 is 60.0. The maximum atomic E-state index is 13.5.